The Morgan fingerprint density at radius 1 is 1.12 bits per heavy atom. The van der Waals surface area contributed by atoms with Gasteiger partial charge in [0, 0.05) is 44.6 Å². The van der Waals surface area contributed by atoms with Crippen molar-refractivity contribution in [2.75, 3.05) is 13.1 Å². The summed E-state index contributed by atoms with van der Waals surface area (Å²) in [5.41, 5.74) is 1.80. The van der Waals surface area contributed by atoms with E-state index in [2.05, 4.69) is 19.9 Å². The van der Waals surface area contributed by atoms with Crippen LogP contribution < -0.4 is 0 Å². The van der Waals surface area contributed by atoms with Crippen LogP contribution in [0.15, 0.2) is 24.8 Å². The second kappa shape index (κ2) is 7.56. The maximum absolute atomic E-state index is 12.7. The Bertz CT molecular complexity index is 748. The molecule has 1 atom stereocenters. The molecule has 2 aromatic rings. The van der Waals surface area contributed by atoms with Crippen molar-refractivity contribution in [1.82, 2.24) is 24.4 Å². The number of nitrogens with zero attached hydrogens (tertiary/aromatic N) is 5. The van der Waals surface area contributed by atoms with E-state index >= 15 is 0 Å². The monoisotopic (exact) mass is 353 g/mol. The summed E-state index contributed by atoms with van der Waals surface area (Å²) in [4.78, 5) is 28.3. The highest BCUT2D eigenvalue weighted by Gasteiger charge is 2.30. The highest BCUT2D eigenvalue weighted by molar-refractivity contribution is 5.79. The number of aryl methyl sites for hydroxylation is 1. The fourth-order valence-electron chi connectivity index (χ4n) is 4.35. The van der Waals surface area contributed by atoms with E-state index in [0.717, 1.165) is 62.4 Å². The van der Waals surface area contributed by atoms with Crippen LogP contribution in [0.25, 0.3) is 11.5 Å². The molecule has 0 N–H and O–H groups in total. The molecule has 4 rings (SSSR count). The molecule has 0 bridgehead atoms. The summed E-state index contributed by atoms with van der Waals surface area (Å²) < 4.78 is 1.94. The molecular formula is C20H27N5O. The van der Waals surface area contributed by atoms with Gasteiger partial charge in [-0.25, -0.2) is 9.97 Å². The molecule has 0 unspecified atom stereocenters. The second-order valence-corrected chi connectivity index (χ2v) is 7.73. The normalized spacial score (nSPS) is 21.3. The minimum absolute atomic E-state index is 0.283. The first kappa shape index (κ1) is 17.2. The molecule has 1 amide bonds. The van der Waals surface area contributed by atoms with Gasteiger partial charge in [0.15, 0.2) is 5.82 Å². The maximum Gasteiger partial charge on any atom is 0.225 e. The van der Waals surface area contributed by atoms with Crippen LogP contribution >= 0.6 is 0 Å². The molecule has 2 aromatic heterocycles. The fraction of sp³-hybridized carbons (Fsp3) is 0.600. The van der Waals surface area contributed by atoms with Crippen LogP contribution in [0.1, 0.15) is 44.2 Å². The van der Waals surface area contributed by atoms with Gasteiger partial charge in [-0.05, 0) is 38.0 Å². The van der Waals surface area contributed by atoms with Crippen LogP contribution in [0.3, 0.4) is 0 Å². The average Bonchev–Trinajstić information content (AvgIpc) is 3.34. The number of rotatable bonds is 4. The molecule has 2 fully saturated rings. The van der Waals surface area contributed by atoms with Crippen LogP contribution in [0.5, 0.6) is 0 Å². The number of carbonyl (C=O) groups excluding carboxylic acids is 1. The number of hydrogen-bond donors (Lipinski definition) is 0. The molecule has 1 aliphatic carbocycles. The standard InChI is InChI=1S/C20H27N5O/c1-24-10-8-21-19(24)18-13-22-17(12-23-18)11-15-5-4-9-25(14-15)20(26)16-6-2-3-7-16/h8,10,12-13,15-16H,2-7,9,11,14H2,1H3/t15-/m0/s1. The average molecular weight is 353 g/mol. The van der Waals surface area contributed by atoms with E-state index < -0.39 is 0 Å². The summed E-state index contributed by atoms with van der Waals surface area (Å²) in [6.45, 7) is 1.80. The van der Waals surface area contributed by atoms with Crippen LogP contribution in [0.4, 0.5) is 0 Å². The van der Waals surface area contributed by atoms with E-state index in [1.807, 2.05) is 30.2 Å². The van der Waals surface area contributed by atoms with Crippen molar-refractivity contribution >= 4 is 5.91 Å². The van der Waals surface area contributed by atoms with Crippen molar-refractivity contribution < 1.29 is 4.79 Å². The Hall–Kier alpha value is -2.24. The van der Waals surface area contributed by atoms with E-state index in [1.165, 1.54) is 12.8 Å². The molecule has 2 aliphatic rings. The smallest absolute Gasteiger partial charge is 0.225 e. The van der Waals surface area contributed by atoms with Gasteiger partial charge in [-0.2, -0.15) is 0 Å². The minimum atomic E-state index is 0.283. The molecule has 0 radical (unpaired) electrons. The predicted molar refractivity (Wildman–Crippen MR) is 99.2 cm³/mol. The Morgan fingerprint density at radius 3 is 2.65 bits per heavy atom. The molecule has 26 heavy (non-hydrogen) atoms. The lowest BCUT2D eigenvalue weighted by molar-refractivity contribution is -0.137. The third-order valence-corrected chi connectivity index (χ3v) is 5.79. The molecule has 1 saturated heterocycles. The van der Waals surface area contributed by atoms with Gasteiger partial charge in [-0.15, -0.1) is 0 Å². The first-order valence-corrected chi connectivity index (χ1v) is 9.78. The second-order valence-electron chi connectivity index (χ2n) is 7.73. The van der Waals surface area contributed by atoms with Gasteiger partial charge in [0.2, 0.25) is 5.91 Å². The van der Waals surface area contributed by atoms with Crippen LogP contribution in [-0.2, 0) is 18.3 Å². The summed E-state index contributed by atoms with van der Waals surface area (Å²) in [6, 6.07) is 0. The Labute approximate surface area is 154 Å². The SMILES string of the molecule is Cn1ccnc1-c1cnc(C[C@@H]2CCCN(C(=O)C3CCCC3)C2)cn1. The number of imidazole rings is 1. The molecule has 6 nitrogen and oxygen atoms in total. The van der Waals surface area contributed by atoms with Gasteiger partial charge >= 0.3 is 0 Å². The first-order valence-electron chi connectivity index (χ1n) is 9.78. The van der Waals surface area contributed by atoms with E-state index in [0.29, 0.717) is 11.8 Å². The fourth-order valence-corrected chi connectivity index (χ4v) is 4.35. The van der Waals surface area contributed by atoms with Gasteiger partial charge in [-0.3, -0.25) is 9.78 Å². The number of amides is 1. The van der Waals surface area contributed by atoms with Crippen molar-refractivity contribution in [3.05, 3.63) is 30.5 Å². The van der Waals surface area contributed by atoms with Crippen LogP contribution in [0.2, 0.25) is 0 Å². The third kappa shape index (κ3) is 3.64. The van der Waals surface area contributed by atoms with Crippen molar-refractivity contribution in [2.45, 2.75) is 44.9 Å². The molecular weight excluding hydrogens is 326 g/mol. The summed E-state index contributed by atoms with van der Waals surface area (Å²) in [5, 5.41) is 0. The number of likely N-dealkylation sites (tertiary alicyclic amines) is 1. The van der Waals surface area contributed by atoms with Crippen LogP contribution in [-0.4, -0.2) is 43.4 Å². The molecule has 1 saturated carbocycles. The van der Waals surface area contributed by atoms with E-state index in [1.54, 1.807) is 6.20 Å². The number of aromatic nitrogens is 4. The van der Waals surface area contributed by atoms with Gasteiger partial charge in [0.05, 0.1) is 11.9 Å². The van der Waals surface area contributed by atoms with E-state index in [9.17, 15) is 4.79 Å². The topological polar surface area (TPSA) is 63.9 Å². The Kier molecular flexibility index (Phi) is 5.00. The maximum atomic E-state index is 12.7. The zero-order chi connectivity index (χ0) is 17.9. The largest absolute Gasteiger partial charge is 0.342 e. The summed E-state index contributed by atoms with van der Waals surface area (Å²) in [5.74, 6) is 1.99. The van der Waals surface area contributed by atoms with E-state index in [-0.39, 0.29) is 5.92 Å². The van der Waals surface area contributed by atoms with Gasteiger partial charge in [-0.1, -0.05) is 12.8 Å². The van der Waals surface area contributed by atoms with Gasteiger partial charge in [0.25, 0.3) is 0 Å². The minimum Gasteiger partial charge on any atom is -0.342 e. The number of hydrogen-bond acceptors (Lipinski definition) is 4. The molecule has 0 aromatic carbocycles. The number of piperidine rings is 1. The first-order chi connectivity index (χ1) is 12.7. The lowest BCUT2D eigenvalue weighted by atomic mass is 9.92. The third-order valence-electron chi connectivity index (χ3n) is 5.79. The predicted octanol–water partition coefficient (Wildman–Crippen LogP) is 2.85. The highest BCUT2D eigenvalue weighted by atomic mass is 16.2. The lowest BCUT2D eigenvalue weighted by Gasteiger charge is -2.34. The summed E-state index contributed by atoms with van der Waals surface area (Å²) in [7, 11) is 1.95. The molecule has 138 valence electrons. The van der Waals surface area contributed by atoms with Gasteiger partial charge < -0.3 is 9.47 Å². The quantitative estimate of drug-likeness (QED) is 0.848. The molecule has 6 heteroatoms. The summed E-state index contributed by atoms with van der Waals surface area (Å²) in [6.07, 6.45) is 15.1. The van der Waals surface area contributed by atoms with Crippen LogP contribution in [0, 0.1) is 11.8 Å². The zero-order valence-corrected chi connectivity index (χ0v) is 15.5. The Morgan fingerprint density at radius 2 is 1.96 bits per heavy atom. The van der Waals surface area contributed by atoms with Gasteiger partial charge in [0.1, 0.15) is 5.69 Å². The zero-order valence-electron chi connectivity index (χ0n) is 15.5. The van der Waals surface area contributed by atoms with Crippen molar-refractivity contribution in [3.63, 3.8) is 0 Å². The van der Waals surface area contributed by atoms with Crippen molar-refractivity contribution in [1.29, 1.82) is 0 Å². The number of carbonyl (C=O) groups is 1. The Balaban J connectivity index is 1.37. The molecule has 3 heterocycles. The summed E-state index contributed by atoms with van der Waals surface area (Å²) >= 11 is 0. The van der Waals surface area contributed by atoms with E-state index in [4.69, 9.17) is 0 Å². The lowest BCUT2D eigenvalue weighted by Crippen LogP contribution is -2.43. The molecule has 1 aliphatic heterocycles. The molecule has 0 spiro atoms. The van der Waals surface area contributed by atoms with Crippen molar-refractivity contribution in [2.24, 2.45) is 18.9 Å². The highest BCUT2D eigenvalue weighted by Crippen LogP contribution is 2.29. The van der Waals surface area contributed by atoms with Crippen molar-refractivity contribution in [3.8, 4) is 11.5 Å².